The summed E-state index contributed by atoms with van der Waals surface area (Å²) in [5.41, 5.74) is 1.03. The first-order valence-corrected chi connectivity index (χ1v) is 12.4. The third-order valence-electron chi connectivity index (χ3n) is 5.32. The molecule has 186 valence electrons. The molecule has 0 aliphatic carbocycles. The van der Waals surface area contributed by atoms with Crippen molar-refractivity contribution in [3.63, 3.8) is 0 Å². The van der Waals surface area contributed by atoms with Crippen LogP contribution in [0.5, 0.6) is 17.2 Å². The summed E-state index contributed by atoms with van der Waals surface area (Å²) in [6.45, 7) is 1.34. The van der Waals surface area contributed by atoms with E-state index in [9.17, 15) is 13.2 Å². The molecule has 0 heterocycles. The van der Waals surface area contributed by atoms with E-state index in [1.807, 2.05) is 0 Å². The van der Waals surface area contributed by atoms with Crippen LogP contribution >= 0.6 is 11.6 Å². The van der Waals surface area contributed by atoms with Gasteiger partial charge in [0, 0.05) is 5.02 Å². The Hall–Kier alpha value is -3.43. The van der Waals surface area contributed by atoms with Crippen molar-refractivity contribution in [2.75, 3.05) is 32.2 Å². The van der Waals surface area contributed by atoms with Gasteiger partial charge in [-0.3, -0.25) is 9.10 Å². The molecule has 0 saturated heterocycles. The molecule has 0 radical (unpaired) electrons. The summed E-state index contributed by atoms with van der Waals surface area (Å²) in [6.07, 6.45) is 0. The zero-order valence-electron chi connectivity index (χ0n) is 19.8. The number of carbonyl (C=O) groups is 1. The first-order chi connectivity index (χ1) is 16.7. The number of methoxy groups -OCH3 is 3. The molecule has 1 unspecified atom stereocenters. The molecule has 0 fully saturated rings. The van der Waals surface area contributed by atoms with Gasteiger partial charge in [-0.2, -0.15) is 0 Å². The number of halogens is 1. The Morgan fingerprint density at radius 1 is 0.943 bits per heavy atom. The maximum atomic E-state index is 13.5. The number of rotatable bonds is 10. The highest BCUT2D eigenvalue weighted by molar-refractivity contribution is 7.92. The molecule has 0 bridgehead atoms. The third-order valence-corrected chi connectivity index (χ3v) is 7.34. The number of hydrogen-bond donors (Lipinski definition) is 1. The molecule has 0 spiro atoms. The van der Waals surface area contributed by atoms with Crippen LogP contribution < -0.4 is 23.8 Å². The highest BCUT2D eigenvalue weighted by atomic mass is 35.5. The van der Waals surface area contributed by atoms with Gasteiger partial charge < -0.3 is 19.5 Å². The second kappa shape index (κ2) is 11.3. The van der Waals surface area contributed by atoms with Crippen molar-refractivity contribution >= 4 is 33.2 Å². The summed E-state index contributed by atoms with van der Waals surface area (Å²) in [5.74, 6) is 1.10. The average molecular weight is 519 g/mol. The minimum Gasteiger partial charge on any atom is -0.497 e. The van der Waals surface area contributed by atoms with E-state index in [1.54, 1.807) is 55.5 Å². The summed E-state index contributed by atoms with van der Waals surface area (Å²) < 4.78 is 43.8. The second-order valence-electron chi connectivity index (χ2n) is 7.57. The van der Waals surface area contributed by atoms with Gasteiger partial charge in [-0.1, -0.05) is 23.7 Å². The fourth-order valence-corrected chi connectivity index (χ4v) is 5.04. The van der Waals surface area contributed by atoms with Crippen molar-refractivity contribution in [2.45, 2.75) is 17.9 Å². The van der Waals surface area contributed by atoms with Gasteiger partial charge >= 0.3 is 0 Å². The number of sulfonamides is 1. The summed E-state index contributed by atoms with van der Waals surface area (Å²) in [5, 5.41) is 3.19. The van der Waals surface area contributed by atoms with Crippen molar-refractivity contribution in [2.24, 2.45) is 0 Å². The van der Waals surface area contributed by atoms with E-state index in [2.05, 4.69) is 5.32 Å². The topological polar surface area (TPSA) is 94.2 Å². The molecule has 3 aromatic rings. The van der Waals surface area contributed by atoms with Crippen molar-refractivity contribution in [1.82, 2.24) is 5.32 Å². The highest BCUT2D eigenvalue weighted by Crippen LogP contribution is 2.30. The van der Waals surface area contributed by atoms with E-state index in [0.717, 1.165) is 9.87 Å². The zero-order valence-corrected chi connectivity index (χ0v) is 21.4. The van der Waals surface area contributed by atoms with Gasteiger partial charge in [-0.25, -0.2) is 8.42 Å². The first kappa shape index (κ1) is 26.2. The molecule has 0 aliphatic heterocycles. The van der Waals surface area contributed by atoms with E-state index in [0.29, 0.717) is 22.3 Å². The average Bonchev–Trinajstić information content (AvgIpc) is 2.86. The van der Waals surface area contributed by atoms with Crippen LogP contribution in [0, 0.1) is 0 Å². The molecule has 1 N–H and O–H groups in total. The van der Waals surface area contributed by atoms with Crippen LogP contribution in [-0.2, 0) is 14.8 Å². The Bertz CT molecular complexity index is 1280. The van der Waals surface area contributed by atoms with Crippen LogP contribution in [0.2, 0.25) is 5.02 Å². The number of carbonyl (C=O) groups excluding carboxylic acids is 1. The summed E-state index contributed by atoms with van der Waals surface area (Å²) in [7, 11) is 0.466. The molecule has 35 heavy (non-hydrogen) atoms. The molecule has 0 aromatic heterocycles. The molecule has 8 nitrogen and oxygen atoms in total. The second-order valence-corrected chi connectivity index (χ2v) is 9.87. The van der Waals surface area contributed by atoms with Crippen LogP contribution in [0.3, 0.4) is 0 Å². The smallest absolute Gasteiger partial charge is 0.264 e. The molecule has 10 heteroatoms. The van der Waals surface area contributed by atoms with Crippen LogP contribution in [0.1, 0.15) is 18.5 Å². The van der Waals surface area contributed by atoms with Gasteiger partial charge in [0.05, 0.1) is 38.0 Å². The summed E-state index contributed by atoms with van der Waals surface area (Å²) in [4.78, 5) is 13.0. The van der Waals surface area contributed by atoms with Crippen molar-refractivity contribution in [3.05, 3.63) is 77.3 Å². The van der Waals surface area contributed by atoms with Gasteiger partial charge in [0.2, 0.25) is 5.91 Å². The lowest BCUT2D eigenvalue weighted by Crippen LogP contribution is -2.41. The zero-order chi connectivity index (χ0) is 25.6. The van der Waals surface area contributed by atoms with E-state index < -0.39 is 28.5 Å². The third kappa shape index (κ3) is 6.17. The van der Waals surface area contributed by atoms with Gasteiger partial charge in [0.15, 0.2) is 11.5 Å². The number of nitrogens with one attached hydrogen (secondary N) is 1. The van der Waals surface area contributed by atoms with Crippen LogP contribution in [-0.4, -0.2) is 42.2 Å². The van der Waals surface area contributed by atoms with Gasteiger partial charge in [0.25, 0.3) is 10.0 Å². The summed E-state index contributed by atoms with van der Waals surface area (Å²) >= 11 is 6.12. The SMILES string of the molecule is COc1ccc(S(=O)(=O)N(CC(=O)NC(C)c2ccc(OC)c(OC)c2)c2cccc(Cl)c2)cc1. The lowest BCUT2D eigenvalue weighted by molar-refractivity contribution is -0.120. The Kier molecular flexibility index (Phi) is 8.48. The fourth-order valence-electron chi connectivity index (χ4n) is 3.44. The molecule has 1 atom stereocenters. The van der Waals surface area contributed by atoms with Crippen LogP contribution in [0.15, 0.2) is 71.6 Å². The van der Waals surface area contributed by atoms with E-state index >= 15 is 0 Å². The highest BCUT2D eigenvalue weighted by Gasteiger charge is 2.28. The molecule has 1 amide bonds. The number of hydrogen-bond acceptors (Lipinski definition) is 6. The normalized spacial score (nSPS) is 11.9. The maximum Gasteiger partial charge on any atom is 0.264 e. The standard InChI is InChI=1S/C25H27ClN2O6S/c1-17(18-8-13-23(33-3)24(14-18)34-4)27-25(29)16-28(20-7-5-6-19(26)15-20)35(30,31)22-11-9-21(32-2)10-12-22/h5-15,17H,16H2,1-4H3,(H,27,29). The molecule has 3 aromatic carbocycles. The monoisotopic (exact) mass is 518 g/mol. The van der Waals surface area contributed by atoms with Crippen molar-refractivity contribution in [3.8, 4) is 17.2 Å². The van der Waals surface area contributed by atoms with Crippen molar-refractivity contribution in [1.29, 1.82) is 0 Å². The van der Waals surface area contributed by atoms with Gasteiger partial charge in [0.1, 0.15) is 12.3 Å². The van der Waals surface area contributed by atoms with Gasteiger partial charge in [-0.15, -0.1) is 0 Å². The Labute approximate surface area is 210 Å². The number of benzene rings is 3. The predicted molar refractivity (Wildman–Crippen MR) is 135 cm³/mol. The van der Waals surface area contributed by atoms with E-state index in [-0.39, 0.29) is 10.6 Å². The maximum absolute atomic E-state index is 13.5. The molecular weight excluding hydrogens is 492 g/mol. The van der Waals surface area contributed by atoms with Crippen LogP contribution in [0.25, 0.3) is 0 Å². The number of nitrogens with zero attached hydrogens (tertiary/aromatic N) is 1. The lowest BCUT2D eigenvalue weighted by Gasteiger charge is -2.25. The van der Waals surface area contributed by atoms with Gasteiger partial charge in [-0.05, 0) is 67.1 Å². The number of anilines is 1. The molecule has 0 aliphatic rings. The largest absolute Gasteiger partial charge is 0.497 e. The Balaban J connectivity index is 1.88. The Morgan fingerprint density at radius 2 is 1.63 bits per heavy atom. The predicted octanol–water partition coefficient (Wildman–Crippen LogP) is 4.44. The minimum absolute atomic E-state index is 0.0130. The fraction of sp³-hybridized carbons (Fsp3) is 0.240. The lowest BCUT2D eigenvalue weighted by atomic mass is 10.1. The Morgan fingerprint density at radius 3 is 2.23 bits per heavy atom. The minimum atomic E-state index is -4.09. The quantitative estimate of drug-likeness (QED) is 0.426. The van der Waals surface area contributed by atoms with Crippen molar-refractivity contribution < 1.29 is 27.4 Å². The number of ether oxygens (including phenoxy) is 3. The van der Waals surface area contributed by atoms with E-state index in [1.165, 1.54) is 39.5 Å². The van der Waals surface area contributed by atoms with E-state index in [4.69, 9.17) is 25.8 Å². The molecule has 3 rings (SSSR count). The van der Waals surface area contributed by atoms with Crippen LogP contribution in [0.4, 0.5) is 5.69 Å². The number of amides is 1. The summed E-state index contributed by atoms with van der Waals surface area (Å²) in [6, 6.07) is 17.1. The molecular formula is C25H27ClN2O6S. The first-order valence-electron chi connectivity index (χ1n) is 10.6. The molecule has 0 saturated carbocycles.